The Bertz CT molecular complexity index is 469. The number of amides is 1. The van der Waals surface area contributed by atoms with Crippen molar-refractivity contribution in [3.05, 3.63) is 28.2 Å². The summed E-state index contributed by atoms with van der Waals surface area (Å²) in [5, 5.41) is 2.82. The van der Waals surface area contributed by atoms with Crippen LogP contribution in [0.5, 0.6) is 5.75 Å². The smallest absolute Gasteiger partial charge is 0.408 e. The van der Waals surface area contributed by atoms with Gasteiger partial charge in [0.15, 0.2) is 0 Å². The van der Waals surface area contributed by atoms with Gasteiger partial charge >= 0.3 is 6.09 Å². The Balaban J connectivity index is 2.83. The Morgan fingerprint density at radius 1 is 1.40 bits per heavy atom. The zero-order valence-electron chi connectivity index (χ0n) is 12.6. The molecule has 0 saturated carbocycles. The number of nitrogens with one attached hydrogen (secondary N) is 1. The van der Waals surface area contributed by atoms with Crippen molar-refractivity contribution in [2.24, 2.45) is 0 Å². The van der Waals surface area contributed by atoms with Gasteiger partial charge in [0.2, 0.25) is 0 Å². The lowest BCUT2D eigenvalue weighted by molar-refractivity contribution is 0.0507. The van der Waals surface area contributed by atoms with Crippen molar-refractivity contribution < 1.29 is 14.3 Å². The van der Waals surface area contributed by atoms with Crippen molar-refractivity contribution in [2.45, 2.75) is 46.3 Å². The van der Waals surface area contributed by atoms with Crippen molar-refractivity contribution in [3.8, 4) is 5.75 Å². The molecule has 1 N–H and O–H groups in total. The Morgan fingerprint density at radius 3 is 2.60 bits per heavy atom. The van der Waals surface area contributed by atoms with Crippen molar-refractivity contribution in [1.82, 2.24) is 5.32 Å². The maximum atomic E-state index is 11.8. The van der Waals surface area contributed by atoms with E-state index >= 15 is 0 Å². The van der Waals surface area contributed by atoms with Gasteiger partial charge in [-0.1, -0.05) is 15.9 Å². The highest BCUT2D eigenvalue weighted by molar-refractivity contribution is 9.10. The van der Waals surface area contributed by atoms with Crippen LogP contribution in [0.2, 0.25) is 0 Å². The average Bonchev–Trinajstić information content (AvgIpc) is 2.29. The Hall–Kier alpha value is -1.23. The summed E-state index contributed by atoms with van der Waals surface area (Å²) in [6.45, 7) is 9.91. The predicted molar refractivity (Wildman–Crippen MR) is 83.1 cm³/mol. The molecule has 1 amide bonds. The Labute approximate surface area is 129 Å². The van der Waals surface area contributed by atoms with Gasteiger partial charge in [-0.2, -0.15) is 0 Å². The summed E-state index contributed by atoms with van der Waals surface area (Å²) in [5.41, 5.74) is 0.399. The van der Waals surface area contributed by atoms with Crippen LogP contribution in [0.4, 0.5) is 4.79 Å². The SMILES string of the molecule is CCOc1ccc(Br)cc1[C@H](C)NC(=O)OC(C)(C)C. The van der Waals surface area contributed by atoms with Crippen LogP contribution in [-0.4, -0.2) is 18.3 Å². The van der Waals surface area contributed by atoms with Crippen LogP contribution >= 0.6 is 15.9 Å². The maximum Gasteiger partial charge on any atom is 0.408 e. The molecule has 0 saturated heterocycles. The molecule has 0 heterocycles. The largest absolute Gasteiger partial charge is 0.494 e. The summed E-state index contributed by atoms with van der Waals surface area (Å²) < 4.78 is 11.8. The summed E-state index contributed by atoms with van der Waals surface area (Å²) in [5.74, 6) is 0.763. The van der Waals surface area contributed by atoms with Crippen LogP contribution in [0.15, 0.2) is 22.7 Å². The minimum absolute atomic E-state index is 0.205. The number of carbonyl (C=O) groups excluding carboxylic acids is 1. The molecule has 20 heavy (non-hydrogen) atoms. The minimum Gasteiger partial charge on any atom is -0.494 e. The molecule has 1 atom stereocenters. The fourth-order valence-electron chi connectivity index (χ4n) is 1.71. The number of carbonyl (C=O) groups is 1. The highest BCUT2D eigenvalue weighted by Gasteiger charge is 2.20. The van der Waals surface area contributed by atoms with E-state index in [1.165, 1.54) is 0 Å². The van der Waals surface area contributed by atoms with E-state index in [2.05, 4.69) is 21.2 Å². The zero-order valence-corrected chi connectivity index (χ0v) is 14.2. The average molecular weight is 344 g/mol. The van der Waals surface area contributed by atoms with Gasteiger partial charge in [0, 0.05) is 10.0 Å². The lowest BCUT2D eigenvalue weighted by Gasteiger charge is -2.23. The molecule has 0 spiro atoms. The molecule has 5 heteroatoms. The van der Waals surface area contributed by atoms with Gasteiger partial charge in [0.25, 0.3) is 0 Å². The predicted octanol–water partition coefficient (Wildman–Crippen LogP) is 4.43. The van der Waals surface area contributed by atoms with E-state index in [9.17, 15) is 4.79 Å². The molecule has 112 valence electrons. The Kier molecular flexibility index (Phi) is 5.87. The van der Waals surface area contributed by atoms with Crippen LogP contribution < -0.4 is 10.1 Å². The number of hydrogen-bond donors (Lipinski definition) is 1. The van der Waals surface area contributed by atoms with E-state index in [4.69, 9.17) is 9.47 Å². The van der Waals surface area contributed by atoms with Crippen molar-refractivity contribution in [2.75, 3.05) is 6.61 Å². The molecule has 0 aliphatic heterocycles. The molecule has 0 aliphatic carbocycles. The molecule has 0 radical (unpaired) electrons. The Morgan fingerprint density at radius 2 is 2.05 bits per heavy atom. The molecule has 0 bridgehead atoms. The third kappa shape index (κ3) is 5.41. The van der Waals surface area contributed by atoms with Gasteiger partial charge in [0.1, 0.15) is 11.4 Å². The van der Waals surface area contributed by atoms with Gasteiger partial charge in [-0.3, -0.25) is 0 Å². The van der Waals surface area contributed by atoms with Crippen LogP contribution in [0, 0.1) is 0 Å². The van der Waals surface area contributed by atoms with E-state index < -0.39 is 11.7 Å². The lowest BCUT2D eigenvalue weighted by atomic mass is 10.1. The third-order valence-corrected chi connectivity index (χ3v) is 2.96. The summed E-state index contributed by atoms with van der Waals surface area (Å²) in [6.07, 6.45) is -0.438. The second kappa shape index (κ2) is 6.97. The highest BCUT2D eigenvalue weighted by atomic mass is 79.9. The van der Waals surface area contributed by atoms with Crippen LogP contribution in [0.1, 0.15) is 46.2 Å². The zero-order chi connectivity index (χ0) is 15.3. The minimum atomic E-state index is -0.510. The first-order valence-corrected chi connectivity index (χ1v) is 7.44. The normalized spacial score (nSPS) is 12.7. The summed E-state index contributed by atoms with van der Waals surface area (Å²) >= 11 is 3.43. The van der Waals surface area contributed by atoms with E-state index in [1.54, 1.807) is 0 Å². The number of halogens is 1. The monoisotopic (exact) mass is 343 g/mol. The lowest BCUT2D eigenvalue weighted by Crippen LogP contribution is -2.34. The van der Waals surface area contributed by atoms with Crippen LogP contribution in [-0.2, 0) is 4.74 Å². The molecule has 1 rings (SSSR count). The molecular weight excluding hydrogens is 322 g/mol. The fraction of sp³-hybridized carbons (Fsp3) is 0.533. The van der Waals surface area contributed by atoms with E-state index in [1.807, 2.05) is 52.8 Å². The van der Waals surface area contributed by atoms with Crippen molar-refractivity contribution in [3.63, 3.8) is 0 Å². The molecule has 0 aromatic heterocycles. The van der Waals surface area contributed by atoms with Crippen LogP contribution in [0.25, 0.3) is 0 Å². The van der Waals surface area contributed by atoms with Crippen molar-refractivity contribution in [1.29, 1.82) is 0 Å². The summed E-state index contributed by atoms with van der Waals surface area (Å²) in [4.78, 5) is 11.8. The van der Waals surface area contributed by atoms with Gasteiger partial charge in [0.05, 0.1) is 12.6 Å². The van der Waals surface area contributed by atoms with E-state index in [0.29, 0.717) is 6.61 Å². The standard InChI is InChI=1S/C15H22BrNO3/c1-6-19-13-8-7-11(16)9-12(13)10(2)17-14(18)20-15(3,4)5/h7-10H,6H2,1-5H3,(H,17,18)/t10-/m0/s1. The fourth-order valence-corrected chi connectivity index (χ4v) is 2.09. The molecule has 1 aromatic rings. The van der Waals surface area contributed by atoms with E-state index in [0.717, 1.165) is 15.8 Å². The highest BCUT2D eigenvalue weighted by Crippen LogP contribution is 2.28. The topological polar surface area (TPSA) is 47.6 Å². The third-order valence-electron chi connectivity index (χ3n) is 2.47. The second-order valence-electron chi connectivity index (χ2n) is 5.48. The van der Waals surface area contributed by atoms with Crippen LogP contribution in [0.3, 0.4) is 0 Å². The van der Waals surface area contributed by atoms with Gasteiger partial charge in [-0.25, -0.2) is 4.79 Å². The molecule has 0 fully saturated rings. The molecule has 0 unspecified atom stereocenters. The first kappa shape index (κ1) is 16.8. The molecular formula is C15H22BrNO3. The maximum absolute atomic E-state index is 11.8. The number of hydrogen-bond acceptors (Lipinski definition) is 3. The summed E-state index contributed by atoms with van der Waals surface area (Å²) in [6, 6.07) is 5.53. The first-order valence-electron chi connectivity index (χ1n) is 6.64. The van der Waals surface area contributed by atoms with E-state index in [-0.39, 0.29) is 6.04 Å². The van der Waals surface area contributed by atoms with Crippen molar-refractivity contribution >= 4 is 22.0 Å². The molecule has 1 aromatic carbocycles. The second-order valence-corrected chi connectivity index (χ2v) is 6.40. The number of alkyl carbamates (subject to hydrolysis) is 1. The number of benzene rings is 1. The summed E-state index contributed by atoms with van der Waals surface area (Å²) in [7, 11) is 0. The first-order chi connectivity index (χ1) is 9.23. The van der Waals surface area contributed by atoms with Gasteiger partial charge < -0.3 is 14.8 Å². The quantitative estimate of drug-likeness (QED) is 0.879. The van der Waals surface area contributed by atoms with Gasteiger partial charge in [-0.15, -0.1) is 0 Å². The molecule has 0 aliphatic rings. The number of rotatable bonds is 4. The van der Waals surface area contributed by atoms with Gasteiger partial charge in [-0.05, 0) is 52.8 Å². The number of ether oxygens (including phenoxy) is 2. The molecule has 4 nitrogen and oxygen atoms in total.